The molecule has 0 N–H and O–H groups in total. The summed E-state index contributed by atoms with van der Waals surface area (Å²) in [4.78, 5) is 17.6. The maximum absolute atomic E-state index is 12.1. The summed E-state index contributed by atoms with van der Waals surface area (Å²) in [6.45, 7) is 2.11. The van der Waals surface area contributed by atoms with Gasteiger partial charge in [0.2, 0.25) is 0 Å². The predicted octanol–water partition coefficient (Wildman–Crippen LogP) is 0.496. The lowest BCUT2D eigenvalue weighted by molar-refractivity contribution is -0.134. The minimum absolute atomic E-state index is 0.0195. The number of aromatic nitrogens is 1. The van der Waals surface area contributed by atoms with Gasteiger partial charge in [-0.25, -0.2) is 8.42 Å². The standard InChI is InChI=1S/C13H18N2O4S/c1-11-10-20(17,18)7-3-6-15(11)13(16)9-19-12-4-2-5-14-8-12/h2,4-5,8,11H,3,6-7,9-10H2,1H3. The highest BCUT2D eigenvalue weighted by Gasteiger charge is 2.28. The molecule has 110 valence electrons. The van der Waals surface area contributed by atoms with Crippen LogP contribution in [0, 0.1) is 0 Å². The number of rotatable bonds is 3. The van der Waals surface area contributed by atoms with Crippen LogP contribution in [-0.4, -0.2) is 54.9 Å². The van der Waals surface area contributed by atoms with Crippen LogP contribution in [0.2, 0.25) is 0 Å². The quantitative estimate of drug-likeness (QED) is 0.812. The van der Waals surface area contributed by atoms with Crippen molar-refractivity contribution in [3.05, 3.63) is 24.5 Å². The molecule has 0 aromatic carbocycles. The van der Waals surface area contributed by atoms with Gasteiger partial charge < -0.3 is 9.64 Å². The van der Waals surface area contributed by atoms with Crippen molar-refractivity contribution in [1.82, 2.24) is 9.88 Å². The first kappa shape index (κ1) is 14.8. The van der Waals surface area contributed by atoms with Crippen LogP contribution in [0.1, 0.15) is 13.3 Å². The van der Waals surface area contributed by atoms with Crippen molar-refractivity contribution in [3.63, 3.8) is 0 Å². The average Bonchev–Trinajstić information content (AvgIpc) is 2.54. The molecule has 1 aromatic heterocycles. The molecule has 6 nitrogen and oxygen atoms in total. The fraction of sp³-hybridized carbons (Fsp3) is 0.538. The van der Waals surface area contributed by atoms with Gasteiger partial charge in [-0.05, 0) is 25.5 Å². The zero-order valence-electron chi connectivity index (χ0n) is 11.4. The van der Waals surface area contributed by atoms with Gasteiger partial charge in [0.15, 0.2) is 16.4 Å². The average molecular weight is 298 g/mol. The Balaban J connectivity index is 1.95. The molecule has 2 heterocycles. The molecule has 1 unspecified atom stereocenters. The lowest BCUT2D eigenvalue weighted by atomic mass is 10.3. The van der Waals surface area contributed by atoms with E-state index in [1.165, 1.54) is 6.20 Å². The number of hydrogen-bond donors (Lipinski definition) is 0. The van der Waals surface area contributed by atoms with Gasteiger partial charge in [0.1, 0.15) is 5.75 Å². The van der Waals surface area contributed by atoms with Crippen LogP contribution in [0.15, 0.2) is 24.5 Å². The fourth-order valence-corrected chi connectivity index (χ4v) is 3.90. The Bertz CT molecular complexity index is 559. The Morgan fingerprint density at radius 1 is 1.55 bits per heavy atom. The van der Waals surface area contributed by atoms with E-state index in [9.17, 15) is 13.2 Å². The number of sulfone groups is 1. The molecule has 0 bridgehead atoms. The summed E-state index contributed by atoms with van der Waals surface area (Å²) in [6, 6.07) is 3.13. The predicted molar refractivity (Wildman–Crippen MR) is 74.2 cm³/mol. The molecule has 7 heteroatoms. The molecule has 1 saturated heterocycles. The van der Waals surface area contributed by atoms with Gasteiger partial charge in [-0.3, -0.25) is 9.78 Å². The first-order chi connectivity index (χ1) is 9.48. The second kappa shape index (κ2) is 6.21. The normalized spacial score (nSPS) is 22.1. The molecule has 0 radical (unpaired) electrons. The number of carbonyl (C=O) groups is 1. The van der Waals surface area contributed by atoms with E-state index in [0.717, 1.165) is 0 Å². The third-order valence-electron chi connectivity index (χ3n) is 3.20. The van der Waals surface area contributed by atoms with Crippen LogP contribution in [0.5, 0.6) is 5.75 Å². The van der Waals surface area contributed by atoms with Crippen molar-refractivity contribution < 1.29 is 17.9 Å². The maximum Gasteiger partial charge on any atom is 0.260 e. The highest BCUT2D eigenvalue weighted by molar-refractivity contribution is 7.91. The van der Waals surface area contributed by atoms with Gasteiger partial charge in [-0.1, -0.05) is 0 Å². The molecular weight excluding hydrogens is 280 g/mol. The Morgan fingerprint density at radius 2 is 2.35 bits per heavy atom. The molecule has 20 heavy (non-hydrogen) atoms. The zero-order valence-corrected chi connectivity index (χ0v) is 12.2. The summed E-state index contributed by atoms with van der Waals surface area (Å²) in [5.41, 5.74) is 0. The summed E-state index contributed by atoms with van der Waals surface area (Å²) in [5, 5.41) is 0. The molecule has 0 spiro atoms. The van der Waals surface area contributed by atoms with Gasteiger partial charge >= 0.3 is 0 Å². The van der Waals surface area contributed by atoms with E-state index in [1.54, 1.807) is 30.2 Å². The monoisotopic (exact) mass is 298 g/mol. The van der Waals surface area contributed by atoms with Crippen molar-refractivity contribution in [3.8, 4) is 5.75 Å². The first-order valence-corrected chi connectivity index (χ1v) is 8.33. The molecule has 0 saturated carbocycles. The van der Waals surface area contributed by atoms with E-state index in [0.29, 0.717) is 18.7 Å². The van der Waals surface area contributed by atoms with Crippen molar-refractivity contribution in [1.29, 1.82) is 0 Å². The number of ether oxygens (including phenoxy) is 1. The molecule has 1 aliphatic heterocycles. The highest BCUT2D eigenvalue weighted by atomic mass is 32.2. The topological polar surface area (TPSA) is 76.6 Å². The Hall–Kier alpha value is -1.63. The summed E-state index contributed by atoms with van der Waals surface area (Å²) in [5.74, 6) is 0.491. The van der Waals surface area contributed by atoms with E-state index in [1.807, 2.05) is 0 Å². The van der Waals surface area contributed by atoms with Crippen molar-refractivity contribution in [2.45, 2.75) is 19.4 Å². The van der Waals surface area contributed by atoms with Crippen LogP contribution in [-0.2, 0) is 14.6 Å². The molecule has 1 aromatic rings. The summed E-state index contributed by atoms with van der Waals surface area (Å²) in [6.07, 6.45) is 3.63. The minimum Gasteiger partial charge on any atom is -0.482 e. The Kier molecular flexibility index (Phi) is 4.59. The van der Waals surface area contributed by atoms with E-state index < -0.39 is 9.84 Å². The lowest BCUT2D eigenvalue weighted by Crippen LogP contribution is -2.43. The SMILES string of the molecule is CC1CS(=O)(=O)CCCN1C(=O)COc1cccnc1. The minimum atomic E-state index is -3.05. The van der Waals surface area contributed by atoms with E-state index in [2.05, 4.69) is 4.98 Å². The number of hydrogen-bond acceptors (Lipinski definition) is 5. The van der Waals surface area contributed by atoms with E-state index in [4.69, 9.17) is 4.74 Å². The second-order valence-electron chi connectivity index (χ2n) is 4.88. The van der Waals surface area contributed by atoms with E-state index in [-0.39, 0.29) is 30.1 Å². The smallest absolute Gasteiger partial charge is 0.260 e. The van der Waals surface area contributed by atoms with Crippen molar-refractivity contribution in [2.75, 3.05) is 24.7 Å². The Morgan fingerprint density at radius 3 is 3.05 bits per heavy atom. The third kappa shape index (κ3) is 3.93. The van der Waals surface area contributed by atoms with Gasteiger partial charge in [0.05, 0.1) is 17.7 Å². The van der Waals surface area contributed by atoms with Crippen molar-refractivity contribution in [2.24, 2.45) is 0 Å². The summed E-state index contributed by atoms with van der Waals surface area (Å²) in [7, 11) is -3.05. The molecule has 1 amide bonds. The first-order valence-electron chi connectivity index (χ1n) is 6.51. The molecule has 1 fully saturated rings. The Labute approximate surface area is 118 Å². The van der Waals surface area contributed by atoms with Crippen LogP contribution < -0.4 is 4.74 Å². The molecule has 1 atom stereocenters. The summed E-state index contributed by atoms with van der Waals surface area (Å²) < 4.78 is 28.7. The number of pyridine rings is 1. The van der Waals surface area contributed by atoms with Crippen LogP contribution in [0.3, 0.4) is 0 Å². The van der Waals surface area contributed by atoms with Crippen LogP contribution in [0.4, 0.5) is 0 Å². The second-order valence-corrected chi connectivity index (χ2v) is 7.11. The zero-order chi connectivity index (χ0) is 14.6. The van der Waals surface area contributed by atoms with Gasteiger partial charge in [-0.15, -0.1) is 0 Å². The molecular formula is C13H18N2O4S. The largest absolute Gasteiger partial charge is 0.482 e. The van der Waals surface area contributed by atoms with E-state index >= 15 is 0 Å². The molecule has 2 rings (SSSR count). The van der Waals surface area contributed by atoms with Gasteiger partial charge in [0, 0.05) is 18.8 Å². The van der Waals surface area contributed by atoms with Gasteiger partial charge in [-0.2, -0.15) is 0 Å². The van der Waals surface area contributed by atoms with Crippen LogP contribution in [0.25, 0.3) is 0 Å². The third-order valence-corrected chi connectivity index (χ3v) is 5.10. The maximum atomic E-state index is 12.1. The summed E-state index contributed by atoms with van der Waals surface area (Å²) >= 11 is 0. The molecule has 1 aliphatic rings. The number of carbonyl (C=O) groups excluding carboxylic acids is 1. The highest BCUT2D eigenvalue weighted by Crippen LogP contribution is 2.13. The molecule has 0 aliphatic carbocycles. The van der Waals surface area contributed by atoms with Crippen molar-refractivity contribution >= 4 is 15.7 Å². The fourth-order valence-electron chi connectivity index (χ4n) is 2.25. The number of amides is 1. The number of nitrogens with zero attached hydrogens (tertiary/aromatic N) is 2. The van der Waals surface area contributed by atoms with Gasteiger partial charge in [0.25, 0.3) is 5.91 Å². The van der Waals surface area contributed by atoms with Crippen LogP contribution >= 0.6 is 0 Å². The lowest BCUT2D eigenvalue weighted by Gasteiger charge is -2.26.